The fraction of sp³-hybridized carbons (Fsp3) is 0.471. The topological polar surface area (TPSA) is 42.1 Å². The zero-order valence-electron chi connectivity index (χ0n) is 12.3. The van der Waals surface area contributed by atoms with E-state index in [9.17, 15) is 0 Å². The largest absolute Gasteiger partial charge is 0.353 e. The lowest BCUT2D eigenvalue weighted by atomic mass is 10.1. The van der Waals surface area contributed by atoms with E-state index in [4.69, 9.17) is 10.7 Å². The van der Waals surface area contributed by atoms with Crippen molar-refractivity contribution in [1.29, 1.82) is 0 Å². The van der Waals surface area contributed by atoms with Crippen molar-refractivity contribution >= 4 is 16.7 Å². The van der Waals surface area contributed by atoms with Gasteiger partial charge in [-0.25, -0.2) is 4.98 Å². The first-order chi connectivity index (χ1) is 9.69. The highest BCUT2D eigenvalue weighted by molar-refractivity contribution is 5.84. The molecule has 0 saturated heterocycles. The number of hydrogen-bond acceptors (Lipinski definition) is 3. The summed E-state index contributed by atoms with van der Waals surface area (Å²) in [5.74, 6) is 1.74. The molecule has 1 aromatic carbocycles. The van der Waals surface area contributed by atoms with Gasteiger partial charge in [0.2, 0.25) is 0 Å². The molecule has 1 heterocycles. The van der Waals surface area contributed by atoms with Crippen molar-refractivity contribution in [3.05, 3.63) is 35.9 Å². The lowest BCUT2D eigenvalue weighted by Gasteiger charge is -2.26. The number of para-hydroxylation sites is 1. The Hall–Kier alpha value is -1.61. The smallest absolute Gasteiger partial charge is 0.129 e. The van der Waals surface area contributed by atoms with E-state index >= 15 is 0 Å². The van der Waals surface area contributed by atoms with Gasteiger partial charge in [0.15, 0.2) is 0 Å². The van der Waals surface area contributed by atoms with Crippen LogP contribution in [0.15, 0.2) is 30.3 Å². The Morgan fingerprint density at radius 1 is 1.30 bits per heavy atom. The van der Waals surface area contributed by atoms with E-state index in [0.29, 0.717) is 18.5 Å². The van der Waals surface area contributed by atoms with Crippen molar-refractivity contribution in [1.82, 2.24) is 4.98 Å². The Morgan fingerprint density at radius 2 is 2.05 bits per heavy atom. The third-order valence-corrected chi connectivity index (χ3v) is 3.85. The van der Waals surface area contributed by atoms with Crippen LogP contribution in [0.4, 0.5) is 5.82 Å². The summed E-state index contributed by atoms with van der Waals surface area (Å²) in [5.41, 5.74) is 8.18. The molecule has 0 atom stereocenters. The summed E-state index contributed by atoms with van der Waals surface area (Å²) in [5, 5.41) is 1.18. The van der Waals surface area contributed by atoms with Crippen molar-refractivity contribution in [2.24, 2.45) is 11.7 Å². The van der Waals surface area contributed by atoms with Gasteiger partial charge in [-0.05, 0) is 36.5 Å². The first kappa shape index (κ1) is 13.4. The van der Waals surface area contributed by atoms with Crippen LogP contribution in [0.5, 0.6) is 0 Å². The molecular formula is C17H23N3. The Balaban J connectivity index is 2.05. The average molecular weight is 269 g/mol. The number of pyridine rings is 1. The summed E-state index contributed by atoms with van der Waals surface area (Å²) < 4.78 is 0. The van der Waals surface area contributed by atoms with Gasteiger partial charge in [-0.2, -0.15) is 0 Å². The van der Waals surface area contributed by atoms with Crippen molar-refractivity contribution in [3.8, 4) is 0 Å². The Bertz CT molecular complexity index is 602. The maximum atomic E-state index is 5.93. The van der Waals surface area contributed by atoms with Gasteiger partial charge in [0, 0.05) is 24.5 Å². The molecule has 1 aliphatic rings. The van der Waals surface area contributed by atoms with Gasteiger partial charge in [-0.1, -0.05) is 32.0 Å². The van der Waals surface area contributed by atoms with Crippen LogP contribution in [0.2, 0.25) is 0 Å². The summed E-state index contributed by atoms with van der Waals surface area (Å²) in [6, 6.07) is 11.1. The minimum Gasteiger partial charge on any atom is -0.353 e. The van der Waals surface area contributed by atoms with Crippen molar-refractivity contribution in [2.45, 2.75) is 39.3 Å². The quantitative estimate of drug-likeness (QED) is 0.905. The lowest BCUT2D eigenvalue weighted by molar-refractivity contribution is 0.603. The molecule has 106 valence electrons. The van der Waals surface area contributed by atoms with E-state index in [2.05, 4.69) is 43.0 Å². The first-order valence-electron chi connectivity index (χ1n) is 7.54. The average Bonchev–Trinajstić information content (AvgIpc) is 3.28. The maximum absolute atomic E-state index is 5.93. The molecule has 1 fully saturated rings. The normalized spacial score (nSPS) is 15.0. The third kappa shape index (κ3) is 2.63. The zero-order chi connectivity index (χ0) is 14.1. The minimum absolute atomic E-state index is 0.566. The standard InChI is InChI=1S/C17H23N3/c1-12(2)11-20(14-7-8-14)17-9-13(10-18)15-5-3-4-6-16(15)19-17/h3-6,9,12,14H,7-8,10-11,18H2,1-2H3. The molecule has 2 aromatic rings. The van der Waals surface area contributed by atoms with Gasteiger partial charge >= 0.3 is 0 Å². The molecular weight excluding hydrogens is 246 g/mol. The van der Waals surface area contributed by atoms with Crippen molar-refractivity contribution < 1.29 is 0 Å². The Kier molecular flexibility index (Phi) is 3.62. The molecule has 0 bridgehead atoms. The van der Waals surface area contributed by atoms with Crippen LogP contribution < -0.4 is 10.6 Å². The van der Waals surface area contributed by atoms with Crippen LogP contribution in [0.1, 0.15) is 32.3 Å². The van der Waals surface area contributed by atoms with Crippen molar-refractivity contribution in [2.75, 3.05) is 11.4 Å². The van der Waals surface area contributed by atoms with Crippen molar-refractivity contribution in [3.63, 3.8) is 0 Å². The molecule has 3 heteroatoms. The van der Waals surface area contributed by atoms with Gasteiger partial charge < -0.3 is 10.6 Å². The monoisotopic (exact) mass is 269 g/mol. The Labute approximate surface area is 120 Å². The van der Waals surface area contributed by atoms with Crippen LogP contribution >= 0.6 is 0 Å². The van der Waals surface area contributed by atoms with Crippen LogP contribution in [0, 0.1) is 5.92 Å². The molecule has 0 radical (unpaired) electrons. The number of fused-ring (bicyclic) bond motifs is 1. The highest BCUT2D eigenvalue weighted by atomic mass is 15.2. The summed E-state index contributed by atoms with van der Waals surface area (Å²) in [6.07, 6.45) is 2.58. The molecule has 3 rings (SSSR count). The molecule has 0 aliphatic heterocycles. The van der Waals surface area contributed by atoms with E-state index in [0.717, 1.165) is 17.9 Å². The van der Waals surface area contributed by atoms with Gasteiger partial charge in [-0.3, -0.25) is 0 Å². The highest BCUT2D eigenvalue weighted by Crippen LogP contribution is 2.33. The molecule has 0 amide bonds. The van der Waals surface area contributed by atoms with E-state index in [1.54, 1.807) is 0 Å². The summed E-state index contributed by atoms with van der Waals surface area (Å²) in [4.78, 5) is 7.34. The van der Waals surface area contributed by atoms with E-state index in [1.165, 1.54) is 23.8 Å². The number of hydrogen-bond donors (Lipinski definition) is 1. The van der Waals surface area contributed by atoms with E-state index < -0.39 is 0 Å². The molecule has 1 saturated carbocycles. The fourth-order valence-corrected chi connectivity index (χ4v) is 2.76. The molecule has 20 heavy (non-hydrogen) atoms. The number of anilines is 1. The zero-order valence-corrected chi connectivity index (χ0v) is 12.3. The second kappa shape index (κ2) is 5.41. The number of nitrogens with two attached hydrogens (primary N) is 1. The van der Waals surface area contributed by atoms with Gasteiger partial charge in [0.25, 0.3) is 0 Å². The van der Waals surface area contributed by atoms with Crippen LogP contribution in [-0.4, -0.2) is 17.6 Å². The lowest BCUT2D eigenvalue weighted by Crippen LogP contribution is -2.30. The fourth-order valence-electron chi connectivity index (χ4n) is 2.76. The summed E-state index contributed by atoms with van der Waals surface area (Å²) in [6.45, 7) is 6.16. The molecule has 0 unspecified atom stereocenters. The van der Waals surface area contributed by atoms with Gasteiger partial charge in [-0.15, -0.1) is 0 Å². The van der Waals surface area contributed by atoms with E-state index in [-0.39, 0.29) is 0 Å². The van der Waals surface area contributed by atoms with Crippen LogP contribution in [-0.2, 0) is 6.54 Å². The number of nitrogens with zero attached hydrogens (tertiary/aromatic N) is 2. The van der Waals surface area contributed by atoms with Gasteiger partial charge in [0.1, 0.15) is 5.82 Å². The predicted molar refractivity (Wildman–Crippen MR) is 84.8 cm³/mol. The second-order valence-electron chi connectivity index (χ2n) is 6.14. The molecule has 1 aromatic heterocycles. The summed E-state index contributed by atoms with van der Waals surface area (Å²) >= 11 is 0. The van der Waals surface area contributed by atoms with Crippen LogP contribution in [0.25, 0.3) is 10.9 Å². The van der Waals surface area contributed by atoms with E-state index in [1.807, 2.05) is 6.07 Å². The molecule has 2 N–H and O–H groups in total. The third-order valence-electron chi connectivity index (χ3n) is 3.85. The second-order valence-corrected chi connectivity index (χ2v) is 6.14. The SMILES string of the molecule is CC(C)CN(c1cc(CN)c2ccccc2n1)C1CC1. The number of rotatable bonds is 5. The maximum Gasteiger partial charge on any atom is 0.129 e. The predicted octanol–water partition coefficient (Wildman–Crippen LogP) is 3.32. The molecule has 0 spiro atoms. The molecule has 1 aliphatic carbocycles. The summed E-state index contributed by atoms with van der Waals surface area (Å²) in [7, 11) is 0. The highest BCUT2D eigenvalue weighted by Gasteiger charge is 2.30. The minimum atomic E-state index is 0.566. The van der Waals surface area contributed by atoms with Crippen LogP contribution in [0.3, 0.4) is 0 Å². The van der Waals surface area contributed by atoms with Gasteiger partial charge in [0.05, 0.1) is 5.52 Å². The first-order valence-corrected chi connectivity index (χ1v) is 7.54. The number of aromatic nitrogens is 1. The Morgan fingerprint density at radius 3 is 2.70 bits per heavy atom. The molecule has 3 nitrogen and oxygen atoms in total. The number of benzene rings is 1.